The van der Waals surface area contributed by atoms with E-state index in [-0.39, 0.29) is 0 Å². The molecule has 1 heterocycles. The molecule has 1 atom stereocenters. The average molecular weight is 307 g/mol. The summed E-state index contributed by atoms with van der Waals surface area (Å²) in [5.74, 6) is 2.72. The van der Waals surface area contributed by atoms with E-state index in [2.05, 4.69) is 56.3 Å². The van der Waals surface area contributed by atoms with Crippen LogP contribution in [-0.4, -0.2) is 65.9 Å². The summed E-state index contributed by atoms with van der Waals surface area (Å²) in [6.45, 7) is 4.68. The molecule has 0 aliphatic heterocycles. The van der Waals surface area contributed by atoms with Crippen LogP contribution in [0, 0.1) is 5.92 Å². The maximum Gasteiger partial charge on any atom is 0.191 e. The lowest BCUT2D eigenvalue weighted by Crippen LogP contribution is -2.46. The van der Waals surface area contributed by atoms with Crippen molar-refractivity contribution >= 4 is 5.96 Å². The van der Waals surface area contributed by atoms with Crippen molar-refractivity contribution in [3.63, 3.8) is 0 Å². The van der Waals surface area contributed by atoms with E-state index in [9.17, 15) is 0 Å². The third-order valence-corrected chi connectivity index (χ3v) is 4.19. The molecule has 22 heavy (non-hydrogen) atoms. The maximum absolute atomic E-state index is 4.30. The third kappa shape index (κ3) is 4.69. The molecule has 124 valence electrons. The van der Waals surface area contributed by atoms with Gasteiger partial charge in [0.1, 0.15) is 12.2 Å². The first-order valence-electron chi connectivity index (χ1n) is 8.13. The van der Waals surface area contributed by atoms with E-state index >= 15 is 0 Å². The van der Waals surface area contributed by atoms with Gasteiger partial charge in [0, 0.05) is 39.1 Å². The van der Waals surface area contributed by atoms with Crippen molar-refractivity contribution in [2.24, 2.45) is 10.9 Å². The van der Waals surface area contributed by atoms with Crippen LogP contribution in [0.5, 0.6) is 0 Å². The van der Waals surface area contributed by atoms with Crippen LogP contribution in [0.2, 0.25) is 0 Å². The van der Waals surface area contributed by atoms with Crippen LogP contribution < -0.4 is 10.6 Å². The molecular formula is C15H29N7. The first-order chi connectivity index (χ1) is 10.7. The van der Waals surface area contributed by atoms with Gasteiger partial charge in [-0.2, -0.15) is 0 Å². The molecule has 7 heteroatoms. The molecule has 1 aromatic heterocycles. The Hall–Kier alpha value is -1.63. The zero-order valence-corrected chi connectivity index (χ0v) is 14.2. The Kier molecular flexibility index (Phi) is 6.18. The summed E-state index contributed by atoms with van der Waals surface area (Å²) in [7, 11) is 6.12. The highest BCUT2D eigenvalue weighted by Gasteiger charge is 2.32. The Balaban J connectivity index is 1.73. The van der Waals surface area contributed by atoms with Gasteiger partial charge in [-0.05, 0) is 32.9 Å². The summed E-state index contributed by atoms with van der Waals surface area (Å²) in [4.78, 5) is 6.60. The van der Waals surface area contributed by atoms with Gasteiger partial charge in [0.25, 0.3) is 0 Å². The summed E-state index contributed by atoms with van der Waals surface area (Å²) in [6.07, 6.45) is 5.39. The van der Waals surface area contributed by atoms with Gasteiger partial charge in [-0.25, -0.2) is 0 Å². The Bertz CT molecular complexity index is 474. The molecule has 2 N–H and O–H groups in total. The number of guanidine groups is 1. The normalized spacial score (nSPS) is 16.9. The first kappa shape index (κ1) is 16.7. The van der Waals surface area contributed by atoms with E-state index in [4.69, 9.17) is 0 Å². The van der Waals surface area contributed by atoms with Crippen molar-refractivity contribution in [2.75, 3.05) is 34.2 Å². The molecule has 1 aliphatic carbocycles. The number of hydrogen-bond acceptors (Lipinski definition) is 4. The van der Waals surface area contributed by atoms with Gasteiger partial charge in [-0.1, -0.05) is 6.92 Å². The van der Waals surface area contributed by atoms with Crippen molar-refractivity contribution in [3.8, 4) is 0 Å². The number of likely N-dealkylation sites (N-methyl/N-ethyl adjacent to an activating group) is 1. The quantitative estimate of drug-likeness (QED) is 0.535. The monoisotopic (exact) mass is 307 g/mol. The van der Waals surface area contributed by atoms with Gasteiger partial charge in [-0.3, -0.25) is 4.99 Å². The first-order valence-corrected chi connectivity index (χ1v) is 8.13. The van der Waals surface area contributed by atoms with Crippen LogP contribution in [0.4, 0.5) is 0 Å². The fourth-order valence-electron chi connectivity index (χ4n) is 2.71. The summed E-state index contributed by atoms with van der Waals surface area (Å²) >= 11 is 0. The summed E-state index contributed by atoms with van der Waals surface area (Å²) in [6, 6.07) is 0.586. The minimum absolute atomic E-state index is 0.586. The number of nitrogens with one attached hydrogen (secondary N) is 2. The van der Waals surface area contributed by atoms with Crippen LogP contribution in [0.25, 0.3) is 0 Å². The van der Waals surface area contributed by atoms with Gasteiger partial charge in [-0.15, -0.1) is 10.2 Å². The molecule has 0 bridgehead atoms. The van der Waals surface area contributed by atoms with E-state index in [1.165, 1.54) is 12.8 Å². The molecular weight excluding hydrogens is 278 g/mol. The lowest BCUT2D eigenvalue weighted by Gasteiger charge is -2.25. The van der Waals surface area contributed by atoms with E-state index < -0.39 is 0 Å². The van der Waals surface area contributed by atoms with Crippen LogP contribution in [0.3, 0.4) is 0 Å². The molecule has 1 aliphatic rings. The highest BCUT2D eigenvalue weighted by Crippen LogP contribution is 2.34. The van der Waals surface area contributed by atoms with Crippen molar-refractivity contribution in [1.82, 2.24) is 30.3 Å². The third-order valence-electron chi connectivity index (χ3n) is 4.19. The van der Waals surface area contributed by atoms with Crippen LogP contribution in [0.15, 0.2) is 11.3 Å². The fourth-order valence-corrected chi connectivity index (χ4v) is 2.71. The van der Waals surface area contributed by atoms with Crippen LogP contribution >= 0.6 is 0 Å². The van der Waals surface area contributed by atoms with E-state index in [0.717, 1.165) is 43.8 Å². The number of aliphatic imine (C=N–C) groups is 1. The van der Waals surface area contributed by atoms with Crippen LogP contribution in [0.1, 0.15) is 25.6 Å². The summed E-state index contributed by atoms with van der Waals surface area (Å²) < 4.78 is 2.08. The molecule has 0 amide bonds. The van der Waals surface area contributed by atoms with Crippen molar-refractivity contribution < 1.29 is 0 Å². The van der Waals surface area contributed by atoms with Gasteiger partial charge in [0.2, 0.25) is 0 Å². The Morgan fingerprint density at radius 1 is 1.45 bits per heavy atom. The molecule has 0 radical (unpaired) electrons. The van der Waals surface area contributed by atoms with Crippen molar-refractivity contribution in [1.29, 1.82) is 0 Å². The number of hydrogen-bond donors (Lipinski definition) is 2. The average Bonchev–Trinajstić information content (AvgIpc) is 3.23. The van der Waals surface area contributed by atoms with E-state index in [1.54, 1.807) is 6.33 Å². The molecule has 1 fully saturated rings. The smallest absolute Gasteiger partial charge is 0.191 e. The summed E-state index contributed by atoms with van der Waals surface area (Å²) in [5, 5.41) is 14.8. The minimum Gasteiger partial charge on any atom is -0.355 e. The number of aryl methyl sites for hydroxylation is 1. The van der Waals surface area contributed by atoms with E-state index in [0.29, 0.717) is 6.04 Å². The molecule has 1 aromatic rings. The maximum atomic E-state index is 4.30. The fraction of sp³-hybridized carbons (Fsp3) is 0.800. The molecule has 7 nitrogen and oxygen atoms in total. The zero-order chi connectivity index (χ0) is 15.9. The second kappa shape index (κ2) is 8.12. The van der Waals surface area contributed by atoms with E-state index in [1.807, 2.05) is 7.05 Å². The predicted molar refractivity (Wildman–Crippen MR) is 89.0 cm³/mol. The molecule has 1 saturated carbocycles. The summed E-state index contributed by atoms with van der Waals surface area (Å²) in [5.41, 5.74) is 0. The highest BCUT2D eigenvalue weighted by atomic mass is 15.3. The molecule has 0 spiro atoms. The standard InChI is InChI=1S/C15H29N7/c1-5-14-20-19-11-22(14)9-8-17-15(16-2)18-10-13(21(3)4)12-6-7-12/h11-13H,5-10H2,1-4H3,(H2,16,17,18). The van der Waals surface area contributed by atoms with Crippen LogP contribution in [-0.2, 0) is 13.0 Å². The van der Waals surface area contributed by atoms with Gasteiger partial charge in [0.15, 0.2) is 5.96 Å². The molecule has 0 aromatic carbocycles. The lowest BCUT2D eigenvalue weighted by molar-refractivity contribution is 0.264. The largest absolute Gasteiger partial charge is 0.355 e. The second-order valence-electron chi connectivity index (χ2n) is 6.04. The molecule has 1 unspecified atom stereocenters. The van der Waals surface area contributed by atoms with Gasteiger partial charge in [0.05, 0.1) is 0 Å². The predicted octanol–water partition coefficient (Wildman–Crippen LogP) is 0.346. The molecule has 2 rings (SSSR count). The number of aromatic nitrogens is 3. The van der Waals surface area contributed by atoms with Gasteiger partial charge < -0.3 is 20.1 Å². The highest BCUT2D eigenvalue weighted by molar-refractivity contribution is 5.79. The zero-order valence-electron chi connectivity index (χ0n) is 14.2. The Labute approximate surface area is 133 Å². The SMILES string of the molecule is CCc1nncn1CCNC(=NC)NCC(C1CC1)N(C)C. The number of rotatable bonds is 8. The topological polar surface area (TPSA) is 70.4 Å². The van der Waals surface area contributed by atoms with Crippen molar-refractivity contribution in [2.45, 2.75) is 38.8 Å². The Morgan fingerprint density at radius 2 is 2.23 bits per heavy atom. The Morgan fingerprint density at radius 3 is 2.82 bits per heavy atom. The minimum atomic E-state index is 0.586. The molecule has 0 saturated heterocycles. The number of nitrogens with zero attached hydrogens (tertiary/aromatic N) is 5. The lowest BCUT2D eigenvalue weighted by atomic mass is 10.1. The van der Waals surface area contributed by atoms with Gasteiger partial charge >= 0.3 is 0 Å². The van der Waals surface area contributed by atoms with Crippen molar-refractivity contribution in [3.05, 3.63) is 12.2 Å². The second-order valence-corrected chi connectivity index (χ2v) is 6.04.